The molecule has 0 aliphatic carbocycles. The van der Waals surface area contributed by atoms with Crippen LogP contribution in [-0.4, -0.2) is 34.4 Å². The Kier molecular flexibility index (Phi) is 4.95. The van der Waals surface area contributed by atoms with Gasteiger partial charge in [0.25, 0.3) is 11.6 Å². The first-order chi connectivity index (χ1) is 11.4. The van der Waals surface area contributed by atoms with Crippen molar-refractivity contribution in [2.45, 2.75) is 0 Å². The summed E-state index contributed by atoms with van der Waals surface area (Å²) in [7, 11) is 1.25. The van der Waals surface area contributed by atoms with Crippen LogP contribution in [0.1, 0.15) is 15.9 Å². The summed E-state index contributed by atoms with van der Waals surface area (Å²) < 4.78 is 4.85. The summed E-state index contributed by atoms with van der Waals surface area (Å²) in [6, 6.07) is 8.00. The van der Waals surface area contributed by atoms with Crippen molar-refractivity contribution in [3.05, 3.63) is 57.6 Å². The molecule has 0 unspecified atom stereocenters. The molecule has 124 valence electrons. The van der Waals surface area contributed by atoms with Gasteiger partial charge >= 0.3 is 0 Å². The van der Waals surface area contributed by atoms with E-state index in [1.165, 1.54) is 19.2 Å². The molecule has 1 amide bonds. The second kappa shape index (κ2) is 7.09. The number of hydrazone groups is 1. The lowest BCUT2D eigenvalue weighted by Gasteiger charge is -2.06. The van der Waals surface area contributed by atoms with Crippen LogP contribution in [-0.2, 0) is 0 Å². The Balaban J connectivity index is 2.23. The maximum Gasteiger partial charge on any atom is 0.275 e. The van der Waals surface area contributed by atoms with Crippen molar-refractivity contribution < 1.29 is 24.7 Å². The average molecular weight is 331 g/mol. The number of hydrogen-bond donors (Lipinski definition) is 3. The fourth-order valence-corrected chi connectivity index (χ4v) is 1.86. The maximum atomic E-state index is 11.9. The van der Waals surface area contributed by atoms with Gasteiger partial charge in [-0.05, 0) is 12.1 Å². The minimum absolute atomic E-state index is 0.00972. The highest BCUT2D eigenvalue weighted by molar-refractivity contribution is 5.97. The lowest BCUT2D eigenvalue weighted by molar-refractivity contribution is -0.385. The smallest absolute Gasteiger partial charge is 0.275 e. The predicted octanol–water partition coefficient (Wildman–Crippen LogP) is 1.78. The molecular weight excluding hydrogens is 318 g/mol. The van der Waals surface area contributed by atoms with Crippen LogP contribution in [0.5, 0.6) is 17.2 Å². The number of benzene rings is 2. The van der Waals surface area contributed by atoms with Crippen LogP contribution in [0.3, 0.4) is 0 Å². The Morgan fingerprint density at radius 3 is 2.67 bits per heavy atom. The SMILES string of the molecule is COc1cc([N+](=O)[O-])cc(/C=N/NC(=O)c2ccccc2O)c1O. The molecule has 9 heteroatoms. The molecule has 2 aromatic carbocycles. The zero-order valence-electron chi connectivity index (χ0n) is 12.5. The number of amides is 1. The third-order valence-corrected chi connectivity index (χ3v) is 3.04. The van der Waals surface area contributed by atoms with E-state index in [-0.39, 0.29) is 34.1 Å². The summed E-state index contributed by atoms with van der Waals surface area (Å²) in [4.78, 5) is 22.1. The number of phenolic OH excluding ortho intramolecular Hbond substituents is 2. The van der Waals surface area contributed by atoms with Gasteiger partial charge in [0.05, 0.1) is 29.9 Å². The highest BCUT2D eigenvalue weighted by Crippen LogP contribution is 2.33. The van der Waals surface area contributed by atoms with E-state index in [4.69, 9.17) is 4.74 Å². The fourth-order valence-electron chi connectivity index (χ4n) is 1.86. The van der Waals surface area contributed by atoms with Gasteiger partial charge in [0.2, 0.25) is 0 Å². The minimum Gasteiger partial charge on any atom is -0.507 e. The van der Waals surface area contributed by atoms with Crippen LogP contribution in [0.4, 0.5) is 5.69 Å². The van der Waals surface area contributed by atoms with Crippen LogP contribution in [0.25, 0.3) is 0 Å². The zero-order chi connectivity index (χ0) is 17.7. The number of carbonyl (C=O) groups excluding carboxylic acids is 1. The summed E-state index contributed by atoms with van der Waals surface area (Å²) in [6.45, 7) is 0. The fraction of sp³-hybridized carbons (Fsp3) is 0.0667. The molecule has 3 N–H and O–H groups in total. The first kappa shape index (κ1) is 16.7. The first-order valence-electron chi connectivity index (χ1n) is 6.60. The van der Waals surface area contributed by atoms with E-state index in [1.807, 2.05) is 0 Å². The van der Waals surface area contributed by atoms with E-state index in [0.29, 0.717) is 0 Å². The first-order valence-corrected chi connectivity index (χ1v) is 6.60. The van der Waals surface area contributed by atoms with Crippen molar-refractivity contribution in [2.75, 3.05) is 7.11 Å². The van der Waals surface area contributed by atoms with Crippen molar-refractivity contribution >= 4 is 17.8 Å². The topological polar surface area (TPSA) is 134 Å². The van der Waals surface area contributed by atoms with Crippen LogP contribution in [0, 0.1) is 10.1 Å². The van der Waals surface area contributed by atoms with Gasteiger partial charge in [0.15, 0.2) is 11.5 Å². The van der Waals surface area contributed by atoms with Crippen LogP contribution in [0.15, 0.2) is 41.5 Å². The Labute approximate surface area is 136 Å². The molecule has 0 heterocycles. The summed E-state index contributed by atoms with van der Waals surface area (Å²) in [5, 5.41) is 34.0. The minimum atomic E-state index is -0.679. The Bertz CT molecular complexity index is 819. The summed E-state index contributed by atoms with van der Waals surface area (Å²) in [6.07, 6.45) is 1.03. The number of methoxy groups -OCH3 is 1. The second-order valence-electron chi connectivity index (χ2n) is 4.56. The summed E-state index contributed by atoms with van der Waals surface area (Å²) in [5.74, 6) is -1.35. The highest BCUT2D eigenvalue weighted by atomic mass is 16.6. The van der Waals surface area contributed by atoms with E-state index in [9.17, 15) is 25.1 Å². The van der Waals surface area contributed by atoms with E-state index in [2.05, 4.69) is 10.5 Å². The third kappa shape index (κ3) is 3.58. The van der Waals surface area contributed by atoms with E-state index in [0.717, 1.165) is 18.3 Å². The van der Waals surface area contributed by atoms with Crippen molar-refractivity contribution in [1.29, 1.82) is 0 Å². The number of nitrogens with one attached hydrogen (secondary N) is 1. The number of aromatic hydroxyl groups is 2. The lowest BCUT2D eigenvalue weighted by atomic mass is 10.1. The predicted molar refractivity (Wildman–Crippen MR) is 84.5 cm³/mol. The van der Waals surface area contributed by atoms with Crippen LogP contribution in [0.2, 0.25) is 0 Å². The number of ether oxygens (including phenoxy) is 1. The largest absolute Gasteiger partial charge is 0.507 e. The number of phenols is 2. The van der Waals surface area contributed by atoms with E-state index < -0.39 is 10.8 Å². The van der Waals surface area contributed by atoms with Crippen LogP contribution >= 0.6 is 0 Å². The molecule has 0 spiro atoms. The lowest BCUT2D eigenvalue weighted by Crippen LogP contribution is -2.17. The molecule has 0 saturated heterocycles. The normalized spacial score (nSPS) is 10.5. The molecule has 24 heavy (non-hydrogen) atoms. The zero-order valence-corrected chi connectivity index (χ0v) is 12.5. The van der Waals surface area contributed by atoms with Gasteiger partial charge in [-0.1, -0.05) is 12.1 Å². The molecule has 2 aromatic rings. The number of nitro groups is 1. The van der Waals surface area contributed by atoms with Gasteiger partial charge in [0, 0.05) is 11.6 Å². The van der Waals surface area contributed by atoms with Crippen molar-refractivity contribution in [3.63, 3.8) is 0 Å². The monoisotopic (exact) mass is 331 g/mol. The van der Waals surface area contributed by atoms with Gasteiger partial charge in [-0.15, -0.1) is 0 Å². The number of carbonyl (C=O) groups is 1. The Hall–Kier alpha value is -3.62. The molecule has 0 fully saturated rings. The van der Waals surface area contributed by atoms with Crippen molar-refractivity contribution in [1.82, 2.24) is 5.43 Å². The van der Waals surface area contributed by atoms with Gasteiger partial charge in [-0.25, -0.2) is 5.43 Å². The summed E-state index contributed by atoms with van der Waals surface area (Å²) >= 11 is 0. The second-order valence-corrected chi connectivity index (χ2v) is 4.56. The molecule has 0 bridgehead atoms. The molecule has 2 rings (SSSR count). The van der Waals surface area contributed by atoms with Gasteiger partial charge in [-0.3, -0.25) is 14.9 Å². The van der Waals surface area contributed by atoms with Crippen LogP contribution < -0.4 is 10.2 Å². The number of para-hydroxylation sites is 1. The maximum absolute atomic E-state index is 11.9. The molecule has 0 radical (unpaired) electrons. The molecular formula is C15H13N3O6. The number of non-ortho nitro benzene ring substituents is 1. The standard InChI is InChI=1S/C15H13N3O6/c1-24-13-7-10(18(22)23)6-9(14(13)20)8-16-17-15(21)11-4-2-3-5-12(11)19/h2-8,19-20H,1H3,(H,17,21)/b16-8+. The van der Waals surface area contributed by atoms with Gasteiger partial charge in [-0.2, -0.15) is 5.10 Å². The average Bonchev–Trinajstić information content (AvgIpc) is 2.56. The molecule has 0 aliphatic heterocycles. The Morgan fingerprint density at radius 1 is 1.33 bits per heavy atom. The summed E-state index contributed by atoms with van der Waals surface area (Å²) in [5.41, 5.74) is 1.84. The molecule has 9 nitrogen and oxygen atoms in total. The Morgan fingerprint density at radius 2 is 2.04 bits per heavy atom. The van der Waals surface area contributed by atoms with E-state index >= 15 is 0 Å². The van der Waals surface area contributed by atoms with E-state index in [1.54, 1.807) is 12.1 Å². The van der Waals surface area contributed by atoms with Crippen molar-refractivity contribution in [3.8, 4) is 17.2 Å². The molecule has 0 saturated carbocycles. The molecule has 0 aromatic heterocycles. The molecule has 0 atom stereocenters. The number of rotatable bonds is 5. The number of hydrogen-bond acceptors (Lipinski definition) is 7. The third-order valence-electron chi connectivity index (χ3n) is 3.04. The van der Waals surface area contributed by atoms with Gasteiger partial charge < -0.3 is 14.9 Å². The molecule has 0 aliphatic rings. The highest BCUT2D eigenvalue weighted by Gasteiger charge is 2.16. The quantitative estimate of drug-likeness (QED) is 0.434. The van der Waals surface area contributed by atoms with Crippen molar-refractivity contribution in [2.24, 2.45) is 5.10 Å². The number of nitrogens with zero attached hydrogens (tertiary/aromatic N) is 2. The van der Waals surface area contributed by atoms with Gasteiger partial charge in [0.1, 0.15) is 5.75 Å². The number of nitro benzene ring substituents is 1.